The predicted molar refractivity (Wildman–Crippen MR) is 82.2 cm³/mol. The quantitative estimate of drug-likeness (QED) is 0.386. The van der Waals surface area contributed by atoms with Gasteiger partial charge in [-0.3, -0.25) is 4.79 Å². The van der Waals surface area contributed by atoms with Gasteiger partial charge in [-0.1, -0.05) is 42.4 Å². The average molecular weight is 289 g/mol. The van der Waals surface area contributed by atoms with Gasteiger partial charge >= 0.3 is 0 Å². The molecule has 0 bridgehead atoms. The van der Waals surface area contributed by atoms with Gasteiger partial charge in [0.15, 0.2) is 5.84 Å². The summed E-state index contributed by atoms with van der Waals surface area (Å²) >= 11 is 0. The zero-order valence-electron chi connectivity index (χ0n) is 12.4. The minimum atomic E-state index is -0.283. The van der Waals surface area contributed by atoms with Crippen LogP contribution in [0, 0.1) is 0 Å². The largest absolute Gasteiger partial charge is 0.409 e. The van der Waals surface area contributed by atoms with Crippen LogP contribution in [0.4, 0.5) is 0 Å². The average Bonchev–Trinajstić information content (AvgIpc) is 2.55. The number of nitrogens with zero attached hydrogens (tertiary/aromatic N) is 2. The lowest BCUT2D eigenvalue weighted by atomic mass is 9.92. The van der Waals surface area contributed by atoms with Gasteiger partial charge < -0.3 is 15.8 Å². The number of piperidine rings is 1. The van der Waals surface area contributed by atoms with Crippen molar-refractivity contribution in [2.45, 2.75) is 44.6 Å². The van der Waals surface area contributed by atoms with Crippen LogP contribution in [0.15, 0.2) is 35.5 Å². The molecular weight excluding hydrogens is 266 g/mol. The Morgan fingerprint density at radius 3 is 2.76 bits per heavy atom. The zero-order chi connectivity index (χ0) is 15.2. The molecule has 114 valence electrons. The van der Waals surface area contributed by atoms with Crippen LogP contribution in [-0.2, 0) is 4.79 Å². The topological polar surface area (TPSA) is 78.9 Å². The van der Waals surface area contributed by atoms with E-state index in [1.54, 1.807) is 4.90 Å². The monoisotopic (exact) mass is 289 g/mol. The lowest BCUT2D eigenvalue weighted by molar-refractivity contribution is -0.135. The molecule has 1 heterocycles. The summed E-state index contributed by atoms with van der Waals surface area (Å²) in [5.74, 6) is 0.0317. The van der Waals surface area contributed by atoms with E-state index in [4.69, 9.17) is 10.9 Å². The fourth-order valence-electron chi connectivity index (χ4n) is 3.01. The third-order valence-electron chi connectivity index (χ3n) is 4.15. The molecule has 1 fully saturated rings. The molecule has 21 heavy (non-hydrogen) atoms. The van der Waals surface area contributed by atoms with Gasteiger partial charge in [0, 0.05) is 6.54 Å². The van der Waals surface area contributed by atoms with E-state index in [0.29, 0.717) is 6.54 Å². The van der Waals surface area contributed by atoms with Crippen LogP contribution >= 0.6 is 0 Å². The van der Waals surface area contributed by atoms with Crippen LogP contribution < -0.4 is 5.73 Å². The molecule has 5 nitrogen and oxygen atoms in total. The summed E-state index contributed by atoms with van der Waals surface area (Å²) in [4.78, 5) is 14.7. The highest BCUT2D eigenvalue weighted by atomic mass is 16.4. The van der Waals surface area contributed by atoms with Crippen molar-refractivity contribution in [3.8, 4) is 0 Å². The molecule has 1 saturated heterocycles. The van der Waals surface area contributed by atoms with Crippen molar-refractivity contribution in [2.75, 3.05) is 6.54 Å². The van der Waals surface area contributed by atoms with Gasteiger partial charge in [-0.15, -0.1) is 0 Å². The number of carbonyl (C=O) groups excluding carboxylic acids is 1. The maximum absolute atomic E-state index is 12.9. The summed E-state index contributed by atoms with van der Waals surface area (Å²) in [5, 5.41) is 12.0. The number of nitrogens with two attached hydrogens (primary N) is 1. The Bertz CT molecular complexity index is 502. The van der Waals surface area contributed by atoms with Crippen molar-refractivity contribution in [3.05, 3.63) is 35.9 Å². The third kappa shape index (κ3) is 3.35. The molecular formula is C16H23N3O2. The van der Waals surface area contributed by atoms with Crippen LogP contribution in [-0.4, -0.2) is 34.4 Å². The molecule has 1 aliphatic heterocycles. The molecule has 0 spiro atoms. The molecule has 1 amide bonds. The summed E-state index contributed by atoms with van der Waals surface area (Å²) in [6.45, 7) is 2.68. The van der Waals surface area contributed by atoms with Crippen LogP contribution in [0.3, 0.4) is 0 Å². The first-order chi connectivity index (χ1) is 10.2. The first-order valence-electron chi connectivity index (χ1n) is 7.51. The first kappa shape index (κ1) is 15.4. The standard InChI is InChI=1S/C16H23N3O2/c1-2-13(12-8-4-3-5-9-12)16(20)19-11-7-6-10-14(19)15(17)18-21/h3-5,8-9,13-14,21H,2,6-7,10-11H2,1H3,(H2,17,18). The number of benzene rings is 1. The Labute approximate surface area is 125 Å². The van der Waals surface area contributed by atoms with Gasteiger partial charge in [0.05, 0.1) is 12.0 Å². The second kappa shape index (κ2) is 7.11. The SMILES string of the molecule is CCC(C(=O)N1CCCCC1C(N)=NO)c1ccccc1. The summed E-state index contributed by atoms with van der Waals surface area (Å²) in [6.07, 6.45) is 3.45. The minimum absolute atomic E-state index is 0.0694. The Kier molecular flexibility index (Phi) is 5.20. The van der Waals surface area contributed by atoms with E-state index in [1.807, 2.05) is 37.3 Å². The van der Waals surface area contributed by atoms with Gasteiger partial charge in [0.1, 0.15) is 0 Å². The van der Waals surface area contributed by atoms with Gasteiger partial charge in [0.2, 0.25) is 5.91 Å². The van der Waals surface area contributed by atoms with Crippen LogP contribution in [0.5, 0.6) is 0 Å². The number of rotatable bonds is 4. The molecule has 0 aromatic heterocycles. The Morgan fingerprint density at radius 1 is 1.43 bits per heavy atom. The molecule has 0 saturated carbocycles. The van der Waals surface area contributed by atoms with Crippen molar-refractivity contribution in [2.24, 2.45) is 10.9 Å². The van der Waals surface area contributed by atoms with E-state index in [2.05, 4.69) is 5.16 Å². The lowest BCUT2D eigenvalue weighted by Crippen LogP contribution is -2.51. The molecule has 2 rings (SSSR count). The van der Waals surface area contributed by atoms with E-state index in [1.165, 1.54) is 0 Å². The fraction of sp³-hybridized carbons (Fsp3) is 0.500. The highest BCUT2D eigenvalue weighted by molar-refractivity contribution is 5.92. The summed E-state index contributed by atoms with van der Waals surface area (Å²) < 4.78 is 0. The number of hydrogen-bond acceptors (Lipinski definition) is 3. The zero-order valence-corrected chi connectivity index (χ0v) is 12.4. The molecule has 5 heteroatoms. The number of carbonyl (C=O) groups is 1. The maximum atomic E-state index is 12.9. The molecule has 2 atom stereocenters. The van der Waals surface area contributed by atoms with Crippen molar-refractivity contribution >= 4 is 11.7 Å². The number of hydrogen-bond donors (Lipinski definition) is 2. The fourth-order valence-corrected chi connectivity index (χ4v) is 3.01. The Balaban J connectivity index is 2.23. The lowest BCUT2D eigenvalue weighted by Gasteiger charge is -2.37. The molecule has 0 aliphatic carbocycles. The van der Waals surface area contributed by atoms with Gasteiger partial charge in [-0.25, -0.2) is 0 Å². The summed E-state index contributed by atoms with van der Waals surface area (Å²) in [6, 6.07) is 9.52. The number of likely N-dealkylation sites (tertiary alicyclic amines) is 1. The molecule has 1 aromatic rings. The van der Waals surface area contributed by atoms with E-state index >= 15 is 0 Å². The predicted octanol–water partition coefficient (Wildman–Crippen LogP) is 2.31. The second-order valence-electron chi connectivity index (χ2n) is 5.44. The van der Waals surface area contributed by atoms with Crippen LogP contribution in [0.25, 0.3) is 0 Å². The van der Waals surface area contributed by atoms with E-state index in [-0.39, 0.29) is 23.7 Å². The third-order valence-corrected chi connectivity index (χ3v) is 4.15. The van der Waals surface area contributed by atoms with Crippen molar-refractivity contribution in [3.63, 3.8) is 0 Å². The highest BCUT2D eigenvalue weighted by Crippen LogP contribution is 2.26. The van der Waals surface area contributed by atoms with E-state index in [9.17, 15) is 4.79 Å². The molecule has 0 radical (unpaired) electrons. The number of amidine groups is 1. The molecule has 1 aliphatic rings. The van der Waals surface area contributed by atoms with Crippen molar-refractivity contribution < 1.29 is 10.0 Å². The summed E-state index contributed by atoms with van der Waals surface area (Å²) in [7, 11) is 0. The van der Waals surface area contributed by atoms with Gasteiger partial charge in [-0.2, -0.15) is 0 Å². The molecule has 2 unspecified atom stereocenters. The second-order valence-corrected chi connectivity index (χ2v) is 5.44. The Hall–Kier alpha value is -2.04. The van der Waals surface area contributed by atoms with Crippen LogP contribution in [0.1, 0.15) is 44.1 Å². The van der Waals surface area contributed by atoms with Gasteiger partial charge in [0.25, 0.3) is 0 Å². The Morgan fingerprint density at radius 2 is 2.14 bits per heavy atom. The molecule has 3 N–H and O–H groups in total. The molecule has 1 aromatic carbocycles. The normalized spacial score (nSPS) is 21.1. The van der Waals surface area contributed by atoms with Crippen LogP contribution in [0.2, 0.25) is 0 Å². The summed E-state index contributed by atoms with van der Waals surface area (Å²) in [5.41, 5.74) is 6.78. The minimum Gasteiger partial charge on any atom is -0.409 e. The number of oxime groups is 1. The first-order valence-corrected chi connectivity index (χ1v) is 7.51. The van der Waals surface area contributed by atoms with E-state index in [0.717, 1.165) is 31.2 Å². The van der Waals surface area contributed by atoms with E-state index < -0.39 is 0 Å². The smallest absolute Gasteiger partial charge is 0.230 e. The highest BCUT2D eigenvalue weighted by Gasteiger charge is 2.33. The van der Waals surface area contributed by atoms with Crippen molar-refractivity contribution in [1.29, 1.82) is 0 Å². The maximum Gasteiger partial charge on any atom is 0.230 e. The number of amides is 1. The van der Waals surface area contributed by atoms with Gasteiger partial charge in [-0.05, 0) is 31.2 Å². The van der Waals surface area contributed by atoms with Crippen molar-refractivity contribution in [1.82, 2.24) is 4.90 Å².